The smallest absolute Gasteiger partial charge is 0.438 e. The fourth-order valence-corrected chi connectivity index (χ4v) is 3.28. The number of ether oxygens (including phenoxy) is 2. The maximum absolute atomic E-state index is 11.6. The highest BCUT2D eigenvalue weighted by Gasteiger charge is 2.19. The Hall–Kier alpha value is -1.32. The van der Waals surface area contributed by atoms with Crippen LogP contribution in [0.2, 0.25) is 0 Å². The van der Waals surface area contributed by atoms with Crippen LogP contribution in [0.3, 0.4) is 0 Å². The molecule has 1 amide bonds. The van der Waals surface area contributed by atoms with Gasteiger partial charge < -0.3 is 9.47 Å². The molecular weight excluding hydrogens is 489 g/mol. The summed E-state index contributed by atoms with van der Waals surface area (Å²) >= 11 is 5.64. The minimum atomic E-state index is -0.855. The zero-order valence-corrected chi connectivity index (χ0v) is 17.0. The van der Waals surface area contributed by atoms with Crippen molar-refractivity contribution in [3.8, 4) is 5.75 Å². The van der Waals surface area contributed by atoms with Crippen molar-refractivity contribution in [2.75, 3.05) is 12.2 Å². The average Bonchev–Trinajstić information content (AvgIpc) is 2.59. The second-order valence-electron chi connectivity index (χ2n) is 4.93. The fraction of sp³-hybridized carbons (Fsp3) is 0.235. The Labute approximate surface area is 162 Å². The first-order chi connectivity index (χ1) is 11.5. The SMILES string of the molecule is CCc1ccc(OCc2c(I)cccc2N(O)C(=O)OC)c(Br)c1. The van der Waals surface area contributed by atoms with Crippen LogP contribution in [-0.4, -0.2) is 18.4 Å². The van der Waals surface area contributed by atoms with Crippen LogP contribution in [0.15, 0.2) is 40.9 Å². The van der Waals surface area contributed by atoms with Gasteiger partial charge in [0.25, 0.3) is 0 Å². The summed E-state index contributed by atoms with van der Waals surface area (Å²) in [6.45, 7) is 2.29. The number of rotatable bonds is 5. The molecule has 0 aliphatic rings. The van der Waals surface area contributed by atoms with Crippen molar-refractivity contribution in [1.82, 2.24) is 0 Å². The van der Waals surface area contributed by atoms with Crippen LogP contribution < -0.4 is 9.80 Å². The summed E-state index contributed by atoms with van der Waals surface area (Å²) in [7, 11) is 1.21. The third-order valence-electron chi connectivity index (χ3n) is 3.45. The quantitative estimate of drug-likeness (QED) is 0.346. The molecule has 0 aliphatic heterocycles. The van der Waals surface area contributed by atoms with Gasteiger partial charge in [-0.15, -0.1) is 0 Å². The third kappa shape index (κ3) is 4.40. The van der Waals surface area contributed by atoms with E-state index in [4.69, 9.17) is 4.74 Å². The number of benzene rings is 2. The second-order valence-corrected chi connectivity index (χ2v) is 6.94. The fourth-order valence-electron chi connectivity index (χ4n) is 2.10. The number of methoxy groups -OCH3 is 1. The normalized spacial score (nSPS) is 10.4. The van der Waals surface area contributed by atoms with Crippen LogP contribution in [0.4, 0.5) is 10.5 Å². The molecule has 24 heavy (non-hydrogen) atoms. The first-order valence-electron chi connectivity index (χ1n) is 7.23. The van der Waals surface area contributed by atoms with Crippen LogP contribution in [-0.2, 0) is 17.8 Å². The van der Waals surface area contributed by atoms with E-state index >= 15 is 0 Å². The van der Waals surface area contributed by atoms with Crippen molar-refractivity contribution in [3.63, 3.8) is 0 Å². The van der Waals surface area contributed by atoms with E-state index < -0.39 is 6.09 Å². The van der Waals surface area contributed by atoms with Gasteiger partial charge in [0.15, 0.2) is 0 Å². The minimum Gasteiger partial charge on any atom is -0.488 e. The molecule has 0 saturated carbocycles. The van der Waals surface area contributed by atoms with Gasteiger partial charge in [-0.05, 0) is 74.8 Å². The summed E-state index contributed by atoms with van der Waals surface area (Å²) in [5.74, 6) is 0.695. The Morgan fingerprint density at radius 2 is 2.08 bits per heavy atom. The van der Waals surface area contributed by atoms with Gasteiger partial charge in [-0.25, -0.2) is 4.79 Å². The van der Waals surface area contributed by atoms with Crippen LogP contribution in [0.5, 0.6) is 5.75 Å². The maximum Gasteiger partial charge on any atom is 0.438 e. The lowest BCUT2D eigenvalue weighted by molar-refractivity contribution is 0.140. The molecule has 0 unspecified atom stereocenters. The molecule has 128 valence electrons. The number of hydroxylamine groups is 1. The Kier molecular flexibility index (Phi) is 6.88. The summed E-state index contributed by atoms with van der Waals surface area (Å²) < 4.78 is 12.2. The molecule has 1 N–H and O–H groups in total. The molecule has 0 fully saturated rings. The largest absolute Gasteiger partial charge is 0.488 e. The highest BCUT2D eigenvalue weighted by Crippen LogP contribution is 2.30. The average molecular weight is 506 g/mol. The zero-order chi connectivity index (χ0) is 17.7. The lowest BCUT2D eigenvalue weighted by atomic mass is 10.1. The molecule has 0 aromatic heterocycles. The standard InChI is InChI=1S/C17H17BrINO4/c1-3-11-7-8-16(13(18)9-11)24-10-12-14(19)5-4-6-15(12)20(22)17(21)23-2/h4-9,22H,3,10H2,1-2H3. The van der Waals surface area contributed by atoms with E-state index in [1.54, 1.807) is 12.1 Å². The van der Waals surface area contributed by atoms with Gasteiger partial charge in [-0.3, -0.25) is 5.21 Å². The number of halogens is 2. The Morgan fingerprint density at radius 1 is 1.33 bits per heavy atom. The summed E-state index contributed by atoms with van der Waals surface area (Å²) in [6.07, 6.45) is 0.0878. The van der Waals surface area contributed by atoms with Crippen LogP contribution in [0, 0.1) is 3.57 Å². The Bertz CT molecular complexity index is 739. The van der Waals surface area contributed by atoms with Gasteiger partial charge >= 0.3 is 6.09 Å². The van der Waals surface area contributed by atoms with E-state index in [2.05, 4.69) is 50.2 Å². The van der Waals surface area contributed by atoms with E-state index in [0.29, 0.717) is 22.1 Å². The molecule has 0 heterocycles. The van der Waals surface area contributed by atoms with Crippen molar-refractivity contribution < 1.29 is 19.5 Å². The number of hydrogen-bond donors (Lipinski definition) is 1. The van der Waals surface area contributed by atoms with Crippen LogP contribution in [0.25, 0.3) is 0 Å². The van der Waals surface area contributed by atoms with E-state index in [1.165, 1.54) is 12.7 Å². The number of amides is 1. The molecule has 7 heteroatoms. The number of hydrogen-bond acceptors (Lipinski definition) is 4. The minimum absolute atomic E-state index is 0.201. The third-order valence-corrected chi connectivity index (χ3v) is 5.08. The molecule has 0 saturated heterocycles. The highest BCUT2D eigenvalue weighted by molar-refractivity contribution is 14.1. The van der Waals surface area contributed by atoms with E-state index in [0.717, 1.165) is 14.5 Å². The predicted octanol–water partition coefficient (Wildman–Crippen LogP) is 5.16. The van der Waals surface area contributed by atoms with Crippen molar-refractivity contribution >= 4 is 50.3 Å². The molecule has 0 spiro atoms. The van der Waals surface area contributed by atoms with Crippen molar-refractivity contribution in [3.05, 3.63) is 55.6 Å². The molecule has 2 rings (SSSR count). The topological polar surface area (TPSA) is 59.0 Å². The Balaban J connectivity index is 2.25. The molecule has 0 atom stereocenters. The van der Waals surface area contributed by atoms with Crippen molar-refractivity contribution in [2.45, 2.75) is 20.0 Å². The number of carbonyl (C=O) groups is 1. The lowest BCUT2D eigenvalue weighted by Crippen LogP contribution is -2.28. The number of carbonyl (C=O) groups excluding carboxylic acids is 1. The van der Waals surface area contributed by atoms with Gasteiger partial charge in [-0.2, -0.15) is 5.06 Å². The number of nitrogens with zero attached hydrogens (tertiary/aromatic N) is 1. The predicted molar refractivity (Wildman–Crippen MR) is 104 cm³/mol. The summed E-state index contributed by atoms with van der Waals surface area (Å²) in [5, 5.41) is 10.5. The summed E-state index contributed by atoms with van der Waals surface area (Å²) in [5.41, 5.74) is 2.23. The first kappa shape index (κ1) is 19.0. The molecule has 0 bridgehead atoms. The van der Waals surface area contributed by atoms with E-state index in [1.807, 2.05) is 24.3 Å². The van der Waals surface area contributed by atoms with Gasteiger partial charge in [0.1, 0.15) is 12.4 Å². The maximum atomic E-state index is 11.6. The van der Waals surface area contributed by atoms with Crippen LogP contribution >= 0.6 is 38.5 Å². The molecule has 0 radical (unpaired) electrons. The summed E-state index contributed by atoms with van der Waals surface area (Å²) in [6, 6.07) is 11.2. The number of anilines is 1. The first-order valence-corrected chi connectivity index (χ1v) is 9.10. The van der Waals surface area contributed by atoms with Gasteiger partial charge in [-0.1, -0.05) is 19.1 Å². The van der Waals surface area contributed by atoms with Crippen LogP contribution in [0.1, 0.15) is 18.1 Å². The zero-order valence-electron chi connectivity index (χ0n) is 13.3. The summed E-state index contributed by atoms with van der Waals surface area (Å²) in [4.78, 5) is 11.6. The molecule has 2 aromatic carbocycles. The monoisotopic (exact) mass is 505 g/mol. The Morgan fingerprint density at radius 3 is 2.71 bits per heavy atom. The molecule has 0 aliphatic carbocycles. The van der Waals surface area contributed by atoms with E-state index in [9.17, 15) is 10.0 Å². The lowest BCUT2D eigenvalue weighted by Gasteiger charge is -2.19. The second kappa shape index (κ2) is 8.68. The van der Waals surface area contributed by atoms with Gasteiger partial charge in [0, 0.05) is 9.13 Å². The highest BCUT2D eigenvalue weighted by atomic mass is 127. The van der Waals surface area contributed by atoms with Gasteiger partial charge in [0.05, 0.1) is 17.3 Å². The van der Waals surface area contributed by atoms with Crippen molar-refractivity contribution in [2.24, 2.45) is 0 Å². The van der Waals surface area contributed by atoms with Crippen molar-refractivity contribution in [1.29, 1.82) is 0 Å². The molecular formula is C17H17BrINO4. The number of aryl methyl sites for hydroxylation is 1. The van der Waals surface area contributed by atoms with E-state index in [-0.39, 0.29) is 6.61 Å². The molecule has 2 aromatic rings. The van der Waals surface area contributed by atoms with Gasteiger partial charge in [0.2, 0.25) is 0 Å². The molecule has 5 nitrogen and oxygen atoms in total.